The number of thioether (sulfide) groups is 1. The molecule has 3 aromatic rings. The number of anilines is 1. The van der Waals surface area contributed by atoms with Crippen LogP contribution >= 0.6 is 23.1 Å². The molecule has 0 atom stereocenters. The van der Waals surface area contributed by atoms with E-state index < -0.39 is 0 Å². The van der Waals surface area contributed by atoms with Gasteiger partial charge in [-0.1, -0.05) is 23.9 Å². The van der Waals surface area contributed by atoms with E-state index in [2.05, 4.69) is 29.0 Å². The molecule has 0 aliphatic heterocycles. The first-order valence-electron chi connectivity index (χ1n) is 12.8. The number of nitrogens with one attached hydrogen (secondary N) is 1. The molecule has 1 N–H and O–H groups in total. The van der Waals surface area contributed by atoms with Gasteiger partial charge in [-0.2, -0.15) is 0 Å². The van der Waals surface area contributed by atoms with Crippen molar-refractivity contribution in [1.82, 2.24) is 14.8 Å². The van der Waals surface area contributed by atoms with Gasteiger partial charge in [0.2, 0.25) is 5.91 Å². The zero-order valence-electron chi connectivity index (χ0n) is 22.3. The van der Waals surface area contributed by atoms with E-state index >= 15 is 0 Å². The Bertz CT molecular complexity index is 1330. The molecule has 10 heteroatoms. The largest absolute Gasteiger partial charge is 0.486 e. The molecule has 0 spiro atoms. The van der Waals surface area contributed by atoms with Crippen LogP contribution in [0.2, 0.25) is 0 Å². The van der Waals surface area contributed by atoms with E-state index in [0.29, 0.717) is 28.1 Å². The van der Waals surface area contributed by atoms with Crippen molar-refractivity contribution in [1.29, 1.82) is 0 Å². The van der Waals surface area contributed by atoms with Crippen molar-refractivity contribution in [3.05, 3.63) is 63.8 Å². The monoisotopic (exact) mass is 554 g/mol. The predicted molar refractivity (Wildman–Crippen MR) is 151 cm³/mol. The first kappa shape index (κ1) is 27.9. The van der Waals surface area contributed by atoms with E-state index in [1.165, 1.54) is 28.7 Å². The normalized spacial score (nSPS) is 12.8. The Kier molecular flexibility index (Phi) is 9.27. The Labute approximate surface area is 231 Å². The second kappa shape index (κ2) is 12.6. The molecule has 0 saturated carbocycles. The minimum absolute atomic E-state index is 0.120. The summed E-state index contributed by atoms with van der Waals surface area (Å²) in [7, 11) is 0. The predicted octanol–water partition coefficient (Wildman–Crippen LogP) is 5.90. The van der Waals surface area contributed by atoms with Gasteiger partial charge in [0.05, 0.1) is 17.4 Å². The first-order valence-corrected chi connectivity index (χ1v) is 14.6. The molecule has 202 valence electrons. The molecule has 1 aliphatic carbocycles. The molecule has 0 bridgehead atoms. The Morgan fingerprint density at radius 3 is 2.74 bits per heavy atom. The van der Waals surface area contributed by atoms with Gasteiger partial charge in [0.1, 0.15) is 17.4 Å². The molecule has 0 fully saturated rings. The lowest BCUT2D eigenvalue weighted by Crippen LogP contribution is -2.19. The number of amides is 1. The molecule has 1 aliphatic rings. The van der Waals surface area contributed by atoms with Gasteiger partial charge in [0, 0.05) is 11.4 Å². The highest BCUT2D eigenvalue weighted by Gasteiger charge is 2.28. The van der Waals surface area contributed by atoms with Crippen LogP contribution in [-0.2, 0) is 35.5 Å². The fourth-order valence-corrected chi connectivity index (χ4v) is 6.29. The number of carbonyl (C=O) groups excluding carboxylic acids is 2. The summed E-state index contributed by atoms with van der Waals surface area (Å²) in [5.74, 6) is 0.944. The lowest BCUT2D eigenvalue weighted by molar-refractivity contribution is -0.113. The van der Waals surface area contributed by atoms with E-state index in [-0.39, 0.29) is 30.3 Å². The summed E-state index contributed by atoms with van der Waals surface area (Å²) in [6.45, 7) is 12.3. The Balaban J connectivity index is 1.43. The Morgan fingerprint density at radius 2 is 2.00 bits per heavy atom. The average Bonchev–Trinajstić information content (AvgIpc) is 3.43. The highest BCUT2D eigenvalue weighted by Crippen LogP contribution is 2.39. The van der Waals surface area contributed by atoms with Crippen molar-refractivity contribution < 1.29 is 19.1 Å². The van der Waals surface area contributed by atoms with Gasteiger partial charge >= 0.3 is 5.97 Å². The van der Waals surface area contributed by atoms with Crippen LogP contribution in [0.4, 0.5) is 5.00 Å². The second-order valence-electron chi connectivity index (χ2n) is 9.54. The van der Waals surface area contributed by atoms with Crippen molar-refractivity contribution in [2.75, 3.05) is 11.1 Å². The summed E-state index contributed by atoms with van der Waals surface area (Å²) in [5.41, 5.74) is 3.90. The van der Waals surface area contributed by atoms with Crippen molar-refractivity contribution in [2.45, 2.75) is 77.8 Å². The van der Waals surface area contributed by atoms with Gasteiger partial charge in [-0.05, 0) is 82.2 Å². The summed E-state index contributed by atoms with van der Waals surface area (Å²) in [6.07, 6.45) is 5.40. The molecule has 2 aromatic heterocycles. The van der Waals surface area contributed by atoms with Gasteiger partial charge in [-0.15, -0.1) is 28.1 Å². The fourth-order valence-electron chi connectivity index (χ4n) is 4.23. The number of fused-ring (bicyclic) bond motifs is 1. The Morgan fingerprint density at radius 1 is 1.21 bits per heavy atom. The van der Waals surface area contributed by atoms with Crippen molar-refractivity contribution in [3.8, 4) is 5.75 Å². The molecule has 4 rings (SSSR count). The van der Waals surface area contributed by atoms with E-state index in [1.807, 2.05) is 43.5 Å². The number of thiophene rings is 1. The van der Waals surface area contributed by atoms with E-state index in [1.54, 1.807) is 6.08 Å². The summed E-state index contributed by atoms with van der Waals surface area (Å²) in [4.78, 5) is 27.0. The van der Waals surface area contributed by atoms with Gasteiger partial charge in [0.25, 0.3) is 0 Å². The number of aromatic nitrogens is 3. The van der Waals surface area contributed by atoms with Crippen LogP contribution < -0.4 is 10.1 Å². The third kappa shape index (κ3) is 6.66. The molecule has 0 unspecified atom stereocenters. The standard InChI is InChI=1S/C28H34N4O4S2/c1-6-13-32-23(15-35-20-12-11-18(4)19(5)14-20)30-31-28(32)37-16-24(33)29-26-25(27(34)36-17(2)3)21-9-7-8-10-22(21)38-26/h6,11-12,14,17H,1,7-10,13,15-16H2,2-5H3,(H,29,33). The van der Waals surface area contributed by atoms with E-state index in [0.717, 1.165) is 47.4 Å². The van der Waals surface area contributed by atoms with Crippen molar-refractivity contribution in [3.63, 3.8) is 0 Å². The van der Waals surface area contributed by atoms with Crippen LogP contribution in [0.1, 0.15) is 64.4 Å². The average molecular weight is 555 g/mol. The van der Waals surface area contributed by atoms with Crippen LogP contribution in [0.3, 0.4) is 0 Å². The number of hydrogen-bond donors (Lipinski definition) is 1. The molecule has 0 saturated heterocycles. The SMILES string of the molecule is C=CCn1c(COc2ccc(C)c(C)c2)nnc1SCC(=O)Nc1sc2c(c1C(=O)OC(C)C)CCCC2. The van der Waals surface area contributed by atoms with Crippen molar-refractivity contribution >= 4 is 40.0 Å². The first-order chi connectivity index (χ1) is 18.3. The molecule has 0 radical (unpaired) electrons. The molecule has 1 amide bonds. The van der Waals surface area contributed by atoms with Gasteiger partial charge in [0.15, 0.2) is 11.0 Å². The number of ether oxygens (including phenoxy) is 2. The van der Waals surface area contributed by atoms with Gasteiger partial charge in [-0.3, -0.25) is 9.36 Å². The summed E-state index contributed by atoms with van der Waals surface area (Å²) in [5, 5.41) is 12.7. The molecule has 1 aromatic carbocycles. The topological polar surface area (TPSA) is 95.3 Å². The van der Waals surface area contributed by atoms with Crippen LogP contribution in [0, 0.1) is 13.8 Å². The smallest absolute Gasteiger partial charge is 0.341 e. The minimum Gasteiger partial charge on any atom is -0.486 e. The third-order valence-corrected chi connectivity index (χ3v) is 8.43. The Hall–Kier alpha value is -3.11. The maximum Gasteiger partial charge on any atom is 0.341 e. The fraction of sp³-hybridized carbons (Fsp3) is 0.429. The number of esters is 1. The van der Waals surface area contributed by atoms with Crippen LogP contribution in [0.25, 0.3) is 0 Å². The van der Waals surface area contributed by atoms with Gasteiger partial charge in [-0.25, -0.2) is 4.79 Å². The quantitative estimate of drug-likeness (QED) is 0.179. The highest BCUT2D eigenvalue weighted by molar-refractivity contribution is 7.99. The van der Waals surface area contributed by atoms with Crippen LogP contribution in [-0.4, -0.2) is 38.5 Å². The van der Waals surface area contributed by atoms with E-state index in [4.69, 9.17) is 9.47 Å². The maximum atomic E-state index is 13.0. The highest BCUT2D eigenvalue weighted by atomic mass is 32.2. The number of benzene rings is 1. The molecule has 8 nitrogen and oxygen atoms in total. The lowest BCUT2D eigenvalue weighted by Gasteiger charge is -2.14. The zero-order chi connectivity index (χ0) is 27.2. The minimum atomic E-state index is -0.374. The number of allylic oxidation sites excluding steroid dienone is 1. The second-order valence-corrected chi connectivity index (χ2v) is 11.6. The summed E-state index contributed by atoms with van der Waals surface area (Å²) >= 11 is 2.77. The molecular formula is C28H34N4O4S2. The lowest BCUT2D eigenvalue weighted by atomic mass is 9.95. The summed E-state index contributed by atoms with van der Waals surface area (Å²) in [6, 6.07) is 5.96. The third-order valence-electron chi connectivity index (χ3n) is 6.25. The van der Waals surface area contributed by atoms with E-state index in [9.17, 15) is 9.59 Å². The molecular weight excluding hydrogens is 520 g/mol. The van der Waals surface area contributed by atoms with Gasteiger partial charge < -0.3 is 14.8 Å². The number of hydrogen-bond acceptors (Lipinski definition) is 8. The van der Waals surface area contributed by atoms with Crippen LogP contribution in [0.5, 0.6) is 5.75 Å². The van der Waals surface area contributed by atoms with Crippen LogP contribution in [0.15, 0.2) is 36.0 Å². The van der Waals surface area contributed by atoms with Crippen molar-refractivity contribution in [2.24, 2.45) is 0 Å². The maximum absolute atomic E-state index is 13.0. The number of aryl methyl sites for hydroxylation is 3. The summed E-state index contributed by atoms with van der Waals surface area (Å²) < 4.78 is 13.3. The number of carbonyl (C=O) groups is 2. The number of nitrogens with zero attached hydrogens (tertiary/aromatic N) is 3. The zero-order valence-corrected chi connectivity index (χ0v) is 24.0. The molecule has 2 heterocycles. The number of rotatable bonds is 11. The molecule has 38 heavy (non-hydrogen) atoms.